The van der Waals surface area contributed by atoms with Crippen LogP contribution in [0.5, 0.6) is 0 Å². The van der Waals surface area contributed by atoms with E-state index in [4.69, 9.17) is 15.6 Å². The molecule has 1 aromatic heterocycles. The molecule has 0 saturated heterocycles. The van der Waals surface area contributed by atoms with Crippen molar-refractivity contribution in [2.45, 2.75) is 32.5 Å². The molecule has 4 N–H and O–H groups in total. The second-order valence-corrected chi connectivity index (χ2v) is 8.24. The van der Waals surface area contributed by atoms with Crippen LogP contribution in [0.25, 0.3) is 16.8 Å². The molecule has 0 saturated carbocycles. The smallest absolute Gasteiger partial charge is 0.475 e. The number of hydrogen-bond acceptors (Lipinski definition) is 5. The van der Waals surface area contributed by atoms with Crippen LogP contribution in [0.3, 0.4) is 0 Å². The van der Waals surface area contributed by atoms with E-state index in [9.17, 15) is 31.5 Å². The van der Waals surface area contributed by atoms with Crippen LogP contribution >= 0.6 is 0 Å². The third-order valence-corrected chi connectivity index (χ3v) is 5.59. The molecular formula is C24H22F5N5O4. The molecule has 1 amide bonds. The third kappa shape index (κ3) is 6.51. The number of amides is 1. The standard InChI is InChI=1S/C22H21F2N5O2.C2HF3O2/c1-13-7-16(8-15-5-6-19(30)27-20(13)15)14-3-2-4-18(9-14)28-12-26-29(22(28)31)11-17(10-25)21(23)24;3-2(4,5)1(6)7/h2-4,7-9,12H,5-6,10-11,25H2,1H3,(H,27,30);(H,6,7). The van der Waals surface area contributed by atoms with Crippen molar-refractivity contribution in [3.8, 4) is 16.8 Å². The molecule has 0 aliphatic carbocycles. The summed E-state index contributed by atoms with van der Waals surface area (Å²) in [7, 11) is 0. The van der Waals surface area contributed by atoms with Crippen LogP contribution < -0.4 is 16.7 Å². The first-order valence-electron chi connectivity index (χ1n) is 11.0. The quantitative estimate of drug-likeness (QED) is 0.425. The average Bonchev–Trinajstić information content (AvgIpc) is 3.22. The number of rotatable bonds is 5. The molecule has 4 rings (SSSR count). The number of aryl methyl sites for hydroxylation is 2. The third-order valence-electron chi connectivity index (χ3n) is 5.59. The van der Waals surface area contributed by atoms with Gasteiger partial charge in [0.05, 0.1) is 12.2 Å². The Balaban J connectivity index is 0.000000505. The number of hydrogen-bond donors (Lipinski definition) is 3. The number of carbonyl (C=O) groups excluding carboxylic acids is 1. The summed E-state index contributed by atoms with van der Waals surface area (Å²) in [6, 6.07) is 11.4. The second kappa shape index (κ2) is 11.4. The van der Waals surface area contributed by atoms with Crippen molar-refractivity contribution in [2.24, 2.45) is 5.73 Å². The van der Waals surface area contributed by atoms with Crippen LogP contribution in [0.2, 0.25) is 0 Å². The Morgan fingerprint density at radius 2 is 1.82 bits per heavy atom. The fraction of sp³-hybridized carbons (Fsp3) is 0.250. The number of halogens is 5. The van der Waals surface area contributed by atoms with E-state index in [0.29, 0.717) is 18.5 Å². The van der Waals surface area contributed by atoms with Gasteiger partial charge in [0.2, 0.25) is 5.91 Å². The highest BCUT2D eigenvalue weighted by Gasteiger charge is 2.38. The first-order chi connectivity index (χ1) is 17.8. The summed E-state index contributed by atoms with van der Waals surface area (Å²) in [5.74, 6) is -2.74. The number of nitrogens with zero attached hydrogens (tertiary/aromatic N) is 3. The fourth-order valence-electron chi connectivity index (χ4n) is 3.69. The zero-order valence-electron chi connectivity index (χ0n) is 19.9. The van der Waals surface area contributed by atoms with Crippen LogP contribution in [0.4, 0.5) is 27.6 Å². The lowest BCUT2D eigenvalue weighted by molar-refractivity contribution is -0.192. The van der Waals surface area contributed by atoms with E-state index >= 15 is 0 Å². The minimum atomic E-state index is -5.08. The number of carboxylic acid groups (broad SMARTS) is 1. The van der Waals surface area contributed by atoms with Gasteiger partial charge in [0, 0.05) is 24.2 Å². The summed E-state index contributed by atoms with van der Waals surface area (Å²) in [4.78, 5) is 33.3. The molecule has 0 spiro atoms. The summed E-state index contributed by atoms with van der Waals surface area (Å²) in [5.41, 5.74) is 9.77. The van der Waals surface area contributed by atoms with Crippen LogP contribution in [-0.2, 0) is 22.6 Å². The minimum absolute atomic E-state index is 0.0158. The Morgan fingerprint density at radius 1 is 1.13 bits per heavy atom. The number of carboxylic acids is 1. The molecule has 0 fully saturated rings. The molecule has 2 aromatic carbocycles. The van der Waals surface area contributed by atoms with Gasteiger partial charge in [-0.2, -0.15) is 27.1 Å². The predicted molar refractivity (Wildman–Crippen MR) is 127 cm³/mol. The van der Waals surface area contributed by atoms with E-state index in [0.717, 1.165) is 32.6 Å². The molecule has 1 aliphatic heterocycles. The van der Waals surface area contributed by atoms with Gasteiger partial charge in [0.15, 0.2) is 0 Å². The summed E-state index contributed by atoms with van der Waals surface area (Å²) >= 11 is 0. The Bertz CT molecular complexity index is 1460. The van der Waals surface area contributed by atoms with Gasteiger partial charge >= 0.3 is 17.8 Å². The SMILES string of the molecule is Cc1cc(-c2cccc(-n3cnn(CC(CN)=C(F)F)c3=O)c2)cc2c1NC(=O)CC2.O=C(O)C(F)(F)F. The highest BCUT2D eigenvalue weighted by molar-refractivity contribution is 5.95. The number of carbonyl (C=O) groups is 2. The molecular weight excluding hydrogens is 517 g/mol. The molecule has 0 radical (unpaired) electrons. The molecule has 9 nitrogen and oxygen atoms in total. The van der Waals surface area contributed by atoms with Gasteiger partial charge in [0.25, 0.3) is 6.08 Å². The lowest BCUT2D eigenvalue weighted by Gasteiger charge is -2.20. The van der Waals surface area contributed by atoms with Gasteiger partial charge < -0.3 is 16.2 Å². The molecule has 0 unspecified atom stereocenters. The number of benzene rings is 2. The highest BCUT2D eigenvalue weighted by atomic mass is 19.4. The topological polar surface area (TPSA) is 132 Å². The summed E-state index contributed by atoms with van der Waals surface area (Å²) in [6.07, 6.45) is -4.56. The Hall–Kier alpha value is -4.33. The highest BCUT2D eigenvalue weighted by Crippen LogP contribution is 2.32. The molecule has 3 aromatic rings. The van der Waals surface area contributed by atoms with Crippen molar-refractivity contribution in [1.29, 1.82) is 0 Å². The number of nitrogens with two attached hydrogens (primary N) is 1. The van der Waals surface area contributed by atoms with Crippen molar-refractivity contribution in [3.63, 3.8) is 0 Å². The molecule has 2 heterocycles. The monoisotopic (exact) mass is 539 g/mol. The largest absolute Gasteiger partial charge is 0.490 e. The molecule has 1 aliphatic rings. The maximum absolute atomic E-state index is 12.9. The molecule has 202 valence electrons. The first kappa shape index (κ1) is 28.2. The van der Waals surface area contributed by atoms with Gasteiger partial charge in [-0.05, 0) is 59.9 Å². The van der Waals surface area contributed by atoms with Crippen molar-refractivity contribution in [2.75, 3.05) is 11.9 Å². The van der Waals surface area contributed by atoms with Crippen LogP contribution in [0, 0.1) is 6.92 Å². The molecule has 0 atom stereocenters. The lowest BCUT2D eigenvalue weighted by atomic mass is 9.93. The van der Waals surface area contributed by atoms with Crippen molar-refractivity contribution in [1.82, 2.24) is 14.3 Å². The maximum Gasteiger partial charge on any atom is 0.490 e. The number of alkyl halides is 3. The van der Waals surface area contributed by atoms with Crippen molar-refractivity contribution < 1.29 is 36.6 Å². The van der Waals surface area contributed by atoms with E-state index in [1.165, 1.54) is 10.9 Å². The van der Waals surface area contributed by atoms with Crippen LogP contribution in [0.1, 0.15) is 17.5 Å². The number of nitrogens with one attached hydrogen (secondary N) is 1. The van der Waals surface area contributed by atoms with Gasteiger partial charge in [-0.3, -0.25) is 4.79 Å². The van der Waals surface area contributed by atoms with Crippen molar-refractivity contribution in [3.05, 3.63) is 76.0 Å². The Labute approximate surface area is 212 Å². The number of aliphatic carboxylic acids is 1. The van der Waals surface area contributed by atoms with E-state index in [-0.39, 0.29) is 24.6 Å². The van der Waals surface area contributed by atoms with Crippen LogP contribution in [-0.4, -0.2) is 44.1 Å². The average molecular weight is 539 g/mol. The van der Waals surface area contributed by atoms with Gasteiger partial charge in [-0.1, -0.05) is 12.1 Å². The maximum atomic E-state index is 12.9. The summed E-state index contributed by atoms with van der Waals surface area (Å²) in [5, 5.41) is 14.0. The number of anilines is 1. The van der Waals surface area contributed by atoms with Gasteiger partial charge in [0.1, 0.15) is 6.33 Å². The summed E-state index contributed by atoms with van der Waals surface area (Å²) < 4.78 is 59.8. The molecule has 14 heteroatoms. The van der Waals surface area contributed by atoms with Gasteiger partial charge in [-0.25, -0.2) is 18.8 Å². The van der Waals surface area contributed by atoms with Crippen molar-refractivity contribution >= 4 is 17.6 Å². The Kier molecular flexibility index (Phi) is 8.46. The van der Waals surface area contributed by atoms with E-state index in [1.54, 1.807) is 6.07 Å². The molecule has 0 bridgehead atoms. The normalized spacial score (nSPS) is 12.7. The zero-order valence-corrected chi connectivity index (χ0v) is 19.9. The fourth-order valence-corrected chi connectivity index (χ4v) is 3.69. The molecule has 38 heavy (non-hydrogen) atoms. The van der Waals surface area contributed by atoms with E-state index in [1.807, 2.05) is 37.3 Å². The Morgan fingerprint density at radius 3 is 2.42 bits per heavy atom. The number of fused-ring (bicyclic) bond motifs is 1. The second-order valence-electron chi connectivity index (χ2n) is 8.24. The minimum Gasteiger partial charge on any atom is -0.475 e. The first-order valence-corrected chi connectivity index (χ1v) is 11.0. The van der Waals surface area contributed by atoms with Crippen LogP contribution in [0.15, 0.2) is 59.2 Å². The van der Waals surface area contributed by atoms with Gasteiger partial charge in [-0.15, -0.1) is 0 Å². The number of aromatic nitrogens is 3. The lowest BCUT2D eigenvalue weighted by Crippen LogP contribution is -2.26. The zero-order chi connectivity index (χ0) is 28.2. The summed E-state index contributed by atoms with van der Waals surface area (Å²) in [6.45, 7) is 1.23. The van der Waals surface area contributed by atoms with E-state index < -0.39 is 23.9 Å². The van der Waals surface area contributed by atoms with E-state index in [2.05, 4.69) is 10.4 Å². The predicted octanol–water partition coefficient (Wildman–Crippen LogP) is 3.64.